The molecule has 1 fully saturated rings. The fraction of sp³-hybridized carbons (Fsp3) is 0.667. The van der Waals surface area contributed by atoms with Crippen molar-refractivity contribution < 1.29 is 14.3 Å². The van der Waals surface area contributed by atoms with Crippen LogP contribution in [0.1, 0.15) is 82.5 Å². The molecule has 1 aromatic heterocycles. The number of amides is 1. The number of ketones is 1. The fourth-order valence-electron chi connectivity index (χ4n) is 3.24. The van der Waals surface area contributed by atoms with Crippen molar-refractivity contribution in [3.05, 3.63) is 23.9 Å². The lowest BCUT2D eigenvalue weighted by Crippen LogP contribution is -2.33. The highest BCUT2D eigenvalue weighted by Crippen LogP contribution is 2.23. The number of carbonyl (C=O) groups excluding carboxylic acids is 2. The summed E-state index contributed by atoms with van der Waals surface area (Å²) in [5, 5.41) is 6.18. The minimum absolute atomic E-state index is 0.0960. The first-order chi connectivity index (χ1) is 12.8. The monoisotopic (exact) mass is 375 g/mol. The number of hydrogen-bond donors (Lipinski definition) is 2. The van der Waals surface area contributed by atoms with Crippen molar-refractivity contribution >= 4 is 17.7 Å². The van der Waals surface area contributed by atoms with E-state index in [1.54, 1.807) is 6.20 Å². The van der Waals surface area contributed by atoms with Gasteiger partial charge in [-0.05, 0) is 58.6 Å². The molecule has 0 spiro atoms. The second-order valence-electron chi connectivity index (χ2n) is 8.19. The number of ether oxygens (including phenoxy) is 1. The van der Waals surface area contributed by atoms with E-state index in [2.05, 4.69) is 15.6 Å². The molecule has 6 heteroatoms. The van der Waals surface area contributed by atoms with Crippen LogP contribution in [0.5, 0.6) is 0 Å². The van der Waals surface area contributed by atoms with E-state index in [9.17, 15) is 9.59 Å². The standard InChI is InChI=1S/C21H33N3O3/c1-21(2,3)27-20(26)23-14-8-7-13-18(25)17-12-9-15-22-19(17)24-16-10-5-4-6-11-16/h9,12,15-16H,4-8,10-11,13-14H2,1-3H3,(H,22,24)(H,23,26). The first kappa shape index (κ1) is 21.2. The van der Waals surface area contributed by atoms with E-state index in [0.717, 1.165) is 19.3 Å². The lowest BCUT2D eigenvalue weighted by molar-refractivity contribution is 0.0527. The Kier molecular flexibility index (Phi) is 8.07. The summed E-state index contributed by atoms with van der Waals surface area (Å²) in [5.41, 5.74) is 0.172. The largest absolute Gasteiger partial charge is 0.444 e. The summed E-state index contributed by atoms with van der Waals surface area (Å²) in [5.74, 6) is 0.806. The number of nitrogens with one attached hydrogen (secondary N) is 2. The van der Waals surface area contributed by atoms with Crippen LogP contribution in [0.2, 0.25) is 0 Å². The lowest BCUT2D eigenvalue weighted by atomic mass is 9.95. The van der Waals surface area contributed by atoms with Crippen LogP contribution >= 0.6 is 0 Å². The maximum absolute atomic E-state index is 12.6. The van der Waals surface area contributed by atoms with Gasteiger partial charge in [0, 0.05) is 25.2 Å². The normalized spacial score (nSPS) is 15.2. The molecule has 0 aliphatic heterocycles. The molecule has 27 heavy (non-hydrogen) atoms. The molecule has 0 bridgehead atoms. The number of Topliss-reactive ketones (excluding diaryl/α,β-unsaturated/α-hetero) is 1. The van der Waals surface area contributed by atoms with Crippen molar-refractivity contribution in [1.29, 1.82) is 0 Å². The molecule has 1 saturated carbocycles. The molecular weight excluding hydrogens is 342 g/mol. The van der Waals surface area contributed by atoms with Gasteiger partial charge in [-0.15, -0.1) is 0 Å². The van der Waals surface area contributed by atoms with Gasteiger partial charge in [-0.25, -0.2) is 9.78 Å². The third-order valence-electron chi connectivity index (χ3n) is 4.55. The maximum Gasteiger partial charge on any atom is 0.407 e. The highest BCUT2D eigenvalue weighted by atomic mass is 16.6. The van der Waals surface area contributed by atoms with Crippen molar-refractivity contribution in [2.75, 3.05) is 11.9 Å². The Labute approximate surface area is 162 Å². The van der Waals surface area contributed by atoms with Gasteiger partial charge in [0.25, 0.3) is 0 Å². The Hall–Kier alpha value is -2.11. The summed E-state index contributed by atoms with van der Waals surface area (Å²) in [4.78, 5) is 28.6. The molecule has 1 aromatic rings. The lowest BCUT2D eigenvalue weighted by Gasteiger charge is -2.24. The van der Waals surface area contributed by atoms with Gasteiger partial charge in [0.1, 0.15) is 11.4 Å². The summed E-state index contributed by atoms with van der Waals surface area (Å²) in [6, 6.07) is 4.07. The summed E-state index contributed by atoms with van der Waals surface area (Å²) < 4.78 is 5.19. The maximum atomic E-state index is 12.6. The smallest absolute Gasteiger partial charge is 0.407 e. The van der Waals surface area contributed by atoms with E-state index in [0.29, 0.717) is 36.8 Å². The van der Waals surface area contributed by atoms with Crippen LogP contribution in [0.3, 0.4) is 0 Å². The first-order valence-electron chi connectivity index (χ1n) is 10.1. The molecule has 2 rings (SSSR count). The number of hydrogen-bond acceptors (Lipinski definition) is 5. The van der Waals surface area contributed by atoms with Crippen LogP contribution in [0.25, 0.3) is 0 Å². The Balaban J connectivity index is 1.75. The van der Waals surface area contributed by atoms with Crippen LogP contribution in [0, 0.1) is 0 Å². The van der Waals surface area contributed by atoms with Crippen LogP contribution in [0.4, 0.5) is 10.6 Å². The quantitative estimate of drug-likeness (QED) is 0.508. The average Bonchev–Trinajstić information content (AvgIpc) is 2.61. The Morgan fingerprint density at radius 1 is 1.19 bits per heavy atom. The van der Waals surface area contributed by atoms with Crippen molar-refractivity contribution in [2.45, 2.75) is 83.8 Å². The molecule has 150 valence electrons. The van der Waals surface area contributed by atoms with Gasteiger partial charge >= 0.3 is 6.09 Å². The van der Waals surface area contributed by atoms with E-state index in [1.807, 2.05) is 32.9 Å². The molecule has 2 N–H and O–H groups in total. The molecule has 1 heterocycles. The second kappa shape index (κ2) is 10.3. The van der Waals surface area contributed by atoms with Crippen molar-refractivity contribution in [3.8, 4) is 0 Å². The van der Waals surface area contributed by atoms with Gasteiger partial charge in [0.05, 0.1) is 5.56 Å². The zero-order chi connectivity index (χ0) is 19.7. The first-order valence-corrected chi connectivity index (χ1v) is 10.1. The third kappa shape index (κ3) is 7.97. The number of anilines is 1. The zero-order valence-corrected chi connectivity index (χ0v) is 16.8. The van der Waals surface area contributed by atoms with Gasteiger partial charge in [-0.1, -0.05) is 19.3 Å². The fourth-order valence-corrected chi connectivity index (χ4v) is 3.24. The van der Waals surface area contributed by atoms with E-state index in [-0.39, 0.29) is 5.78 Å². The molecule has 0 atom stereocenters. The Morgan fingerprint density at radius 2 is 1.93 bits per heavy atom. The second-order valence-corrected chi connectivity index (χ2v) is 8.19. The van der Waals surface area contributed by atoms with Gasteiger partial charge in [-0.3, -0.25) is 4.79 Å². The van der Waals surface area contributed by atoms with E-state index < -0.39 is 11.7 Å². The topological polar surface area (TPSA) is 80.3 Å². The summed E-state index contributed by atoms with van der Waals surface area (Å²) >= 11 is 0. The predicted octanol–water partition coefficient (Wildman–Crippen LogP) is 4.70. The zero-order valence-electron chi connectivity index (χ0n) is 16.8. The molecule has 1 aliphatic carbocycles. The molecule has 1 aliphatic rings. The number of unbranched alkanes of at least 4 members (excludes halogenated alkanes) is 1. The summed E-state index contributed by atoms with van der Waals surface area (Å²) in [7, 11) is 0. The summed E-state index contributed by atoms with van der Waals surface area (Å²) in [6.45, 7) is 6.00. The number of carbonyl (C=O) groups is 2. The van der Waals surface area contributed by atoms with Crippen LogP contribution in [0.15, 0.2) is 18.3 Å². The molecule has 0 radical (unpaired) electrons. The Morgan fingerprint density at radius 3 is 2.63 bits per heavy atom. The average molecular weight is 376 g/mol. The number of rotatable bonds is 8. The molecule has 0 saturated heterocycles. The molecule has 0 unspecified atom stereocenters. The third-order valence-corrected chi connectivity index (χ3v) is 4.55. The SMILES string of the molecule is CC(C)(C)OC(=O)NCCCCC(=O)c1cccnc1NC1CCCCC1. The molecule has 6 nitrogen and oxygen atoms in total. The van der Waals surface area contributed by atoms with Crippen molar-refractivity contribution in [3.63, 3.8) is 0 Å². The highest BCUT2D eigenvalue weighted by Gasteiger charge is 2.18. The number of aromatic nitrogens is 1. The Bertz CT molecular complexity index is 619. The molecule has 1 amide bonds. The molecule has 0 aromatic carbocycles. The highest BCUT2D eigenvalue weighted by molar-refractivity contribution is 6.00. The van der Waals surface area contributed by atoms with Gasteiger partial charge in [0.15, 0.2) is 5.78 Å². The number of nitrogens with zero attached hydrogens (tertiary/aromatic N) is 1. The number of alkyl carbamates (subject to hydrolysis) is 1. The van der Waals surface area contributed by atoms with Crippen LogP contribution in [-0.4, -0.2) is 35.0 Å². The molecular formula is C21H33N3O3. The van der Waals surface area contributed by atoms with Crippen molar-refractivity contribution in [2.24, 2.45) is 0 Å². The van der Waals surface area contributed by atoms with Crippen LogP contribution in [-0.2, 0) is 4.74 Å². The van der Waals surface area contributed by atoms with E-state index in [4.69, 9.17) is 4.74 Å². The van der Waals surface area contributed by atoms with Gasteiger partial charge in [-0.2, -0.15) is 0 Å². The number of pyridine rings is 1. The van der Waals surface area contributed by atoms with E-state index in [1.165, 1.54) is 19.3 Å². The summed E-state index contributed by atoms with van der Waals surface area (Å²) in [6.07, 6.45) is 9.25. The van der Waals surface area contributed by atoms with Crippen molar-refractivity contribution in [1.82, 2.24) is 10.3 Å². The minimum Gasteiger partial charge on any atom is -0.444 e. The van der Waals surface area contributed by atoms with Gasteiger partial charge in [0.2, 0.25) is 0 Å². The van der Waals surface area contributed by atoms with Gasteiger partial charge < -0.3 is 15.4 Å². The van der Waals surface area contributed by atoms with Crippen LogP contribution < -0.4 is 10.6 Å². The minimum atomic E-state index is -0.498. The van der Waals surface area contributed by atoms with E-state index >= 15 is 0 Å². The predicted molar refractivity (Wildman–Crippen MR) is 107 cm³/mol.